The predicted molar refractivity (Wildman–Crippen MR) is 132 cm³/mol. The molecule has 0 spiro atoms. The Bertz CT molecular complexity index is 1180. The molecule has 164 valence electrons. The Labute approximate surface area is 200 Å². The Morgan fingerprint density at radius 1 is 0.750 bits per heavy atom. The zero-order chi connectivity index (χ0) is 22.5. The van der Waals surface area contributed by atoms with Crippen LogP contribution < -0.4 is 10.6 Å². The number of nitrogens with zero attached hydrogens (tertiary/aromatic N) is 4. The van der Waals surface area contributed by atoms with E-state index in [2.05, 4.69) is 31.0 Å². The molecule has 0 aliphatic heterocycles. The van der Waals surface area contributed by atoms with Crippen molar-refractivity contribution in [1.82, 2.24) is 20.4 Å². The summed E-state index contributed by atoms with van der Waals surface area (Å²) in [6.45, 7) is 3.76. The van der Waals surface area contributed by atoms with Crippen LogP contribution in [-0.2, 0) is 9.59 Å². The largest absolute Gasteiger partial charge is 0.325 e. The summed E-state index contributed by atoms with van der Waals surface area (Å²) >= 11 is 5.66. The highest BCUT2D eigenvalue weighted by Crippen LogP contribution is 2.26. The van der Waals surface area contributed by atoms with Gasteiger partial charge in [0.15, 0.2) is 8.68 Å². The fraction of sp³-hybridized carbons (Fsp3) is 0.200. The van der Waals surface area contributed by atoms with E-state index in [1.165, 1.54) is 46.2 Å². The first-order chi connectivity index (χ1) is 15.4. The van der Waals surface area contributed by atoms with Crippen molar-refractivity contribution in [2.24, 2.45) is 0 Å². The second kappa shape index (κ2) is 10.4. The smallest absolute Gasteiger partial charge is 0.234 e. The van der Waals surface area contributed by atoms with Crippen molar-refractivity contribution in [3.8, 4) is 0 Å². The first-order valence-corrected chi connectivity index (χ1v) is 13.0. The number of carbonyl (C=O) groups is 2. The molecule has 0 saturated carbocycles. The van der Waals surface area contributed by atoms with Gasteiger partial charge in [0, 0.05) is 11.4 Å². The molecule has 2 amide bonds. The van der Waals surface area contributed by atoms with Crippen LogP contribution in [0.15, 0.2) is 45.1 Å². The van der Waals surface area contributed by atoms with Crippen LogP contribution in [0.25, 0.3) is 10.8 Å². The van der Waals surface area contributed by atoms with Gasteiger partial charge >= 0.3 is 0 Å². The van der Waals surface area contributed by atoms with Crippen molar-refractivity contribution in [1.29, 1.82) is 0 Å². The number of hydrogen-bond donors (Lipinski definition) is 2. The first-order valence-electron chi connectivity index (χ1n) is 9.44. The van der Waals surface area contributed by atoms with Gasteiger partial charge in [-0.15, -0.1) is 20.4 Å². The molecule has 0 unspecified atom stereocenters. The molecule has 2 aromatic heterocycles. The Morgan fingerprint density at radius 3 is 1.62 bits per heavy atom. The van der Waals surface area contributed by atoms with Gasteiger partial charge in [-0.3, -0.25) is 9.59 Å². The fourth-order valence-corrected chi connectivity index (χ4v) is 5.96. The summed E-state index contributed by atoms with van der Waals surface area (Å²) in [6, 6.07) is 11.4. The van der Waals surface area contributed by atoms with Gasteiger partial charge < -0.3 is 10.6 Å². The molecule has 0 aliphatic rings. The van der Waals surface area contributed by atoms with E-state index in [1.54, 1.807) is 0 Å². The summed E-state index contributed by atoms with van der Waals surface area (Å²) in [6.07, 6.45) is 0. The minimum absolute atomic E-state index is 0.115. The van der Waals surface area contributed by atoms with E-state index in [4.69, 9.17) is 0 Å². The van der Waals surface area contributed by atoms with Gasteiger partial charge in [0.1, 0.15) is 10.0 Å². The van der Waals surface area contributed by atoms with Gasteiger partial charge in [0.25, 0.3) is 0 Å². The van der Waals surface area contributed by atoms with Gasteiger partial charge in [-0.1, -0.05) is 58.3 Å². The summed E-state index contributed by atoms with van der Waals surface area (Å²) in [5, 5.41) is 25.4. The number of aromatic nitrogens is 4. The van der Waals surface area contributed by atoms with Gasteiger partial charge in [-0.05, 0) is 48.9 Å². The van der Waals surface area contributed by atoms with Crippen LogP contribution in [0, 0.1) is 13.8 Å². The quantitative estimate of drug-likeness (QED) is 0.336. The lowest BCUT2D eigenvalue weighted by Crippen LogP contribution is -2.14. The van der Waals surface area contributed by atoms with Crippen molar-refractivity contribution in [3.05, 3.63) is 46.4 Å². The number of benzene rings is 2. The first kappa shape index (κ1) is 22.6. The van der Waals surface area contributed by atoms with Crippen LogP contribution in [-0.4, -0.2) is 43.7 Å². The maximum atomic E-state index is 12.3. The van der Waals surface area contributed by atoms with E-state index in [-0.39, 0.29) is 23.3 Å². The molecule has 2 N–H and O–H groups in total. The molecule has 0 aliphatic carbocycles. The van der Waals surface area contributed by atoms with E-state index in [0.29, 0.717) is 11.4 Å². The molecular formula is C20H18N6O2S4. The molecular weight excluding hydrogens is 485 g/mol. The number of thioether (sulfide) groups is 2. The van der Waals surface area contributed by atoms with E-state index in [9.17, 15) is 9.59 Å². The minimum Gasteiger partial charge on any atom is -0.325 e. The highest BCUT2D eigenvalue weighted by molar-refractivity contribution is 8.01. The van der Waals surface area contributed by atoms with Gasteiger partial charge in [-0.25, -0.2) is 0 Å². The summed E-state index contributed by atoms with van der Waals surface area (Å²) in [4.78, 5) is 24.6. The normalized spacial score (nSPS) is 10.9. The Balaban J connectivity index is 1.35. The average Bonchev–Trinajstić information content (AvgIpc) is 3.38. The topological polar surface area (TPSA) is 110 Å². The van der Waals surface area contributed by atoms with Crippen LogP contribution >= 0.6 is 46.2 Å². The fourth-order valence-electron chi connectivity index (χ4n) is 2.72. The zero-order valence-electron chi connectivity index (χ0n) is 17.1. The summed E-state index contributed by atoms with van der Waals surface area (Å²) in [7, 11) is 0. The second-order valence-electron chi connectivity index (χ2n) is 6.62. The van der Waals surface area contributed by atoms with Crippen LogP contribution in [0.1, 0.15) is 10.0 Å². The Morgan fingerprint density at radius 2 is 1.22 bits per heavy atom. The lowest BCUT2D eigenvalue weighted by Gasteiger charge is -2.09. The van der Waals surface area contributed by atoms with E-state index < -0.39 is 0 Å². The monoisotopic (exact) mass is 502 g/mol. The number of nitrogens with one attached hydrogen (secondary N) is 2. The third-order valence-electron chi connectivity index (χ3n) is 4.08. The summed E-state index contributed by atoms with van der Waals surface area (Å²) in [5.41, 5.74) is 1.39. The van der Waals surface area contributed by atoms with E-state index >= 15 is 0 Å². The average molecular weight is 503 g/mol. The molecule has 0 fully saturated rings. The van der Waals surface area contributed by atoms with Crippen molar-refractivity contribution in [3.63, 3.8) is 0 Å². The highest BCUT2D eigenvalue weighted by Gasteiger charge is 2.09. The standard InChI is InChI=1S/C20H18N6O2S4/c1-11-23-25-19(31-11)29-9-17(27)21-15-5-3-13-4-6-16(8-14(13)7-15)22-18(28)10-30-20-26-24-12(2)32-20/h3-8H,9-10H2,1-2H3,(H,21,27)(H,22,28). The van der Waals surface area contributed by atoms with Gasteiger partial charge in [0.2, 0.25) is 11.8 Å². The Hall–Kier alpha value is -2.54. The van der Waals surface area contributed by atoms with Gasteiger partial charge in [0.05, 0.1) is 11.5 Å². The molecule has 0 saturated heterocycles. The third kappa shape index (κ3) is 6.25. The number of hydrogen-bond acceptors (Lipinski definition) is 10. The molecule has 32 heavy (non-hydrogen) atoms. The lowest BCUT2D eigenvalue weighted by molar-refractivity contribution is -0.114. The summed E-state index contributed by atoms with van der Waals surface area (Å²) in [5.74, 6) is 0.287. The van der Waals surface area contributed by atoms with E-state index in [0.717, 1.165) is 29.5 Å². The molecule has 0 atom stereocenters. The SMILES string of the molecule is Cc1nnc(SCC(=O)Nc2ccc3ccc(NC(=O)CSc4nnc(C)s4)cc3c2)s1. The second-order valence-corrected chi connectivity index (χ2v) is 11.4. The molecule has 2 aromatic carbocycles. The number of fused-ring (bicyclic) bond motifs is 1. The molecule has 12 heteroatoms. The third-order valence-corrected chi connectivity index (χ3v) is 8.02. The molecule has 4 aromatic rings. The Kier molecular flexibility index (Phi) is 7.35. The van der Waals surface area contributed by atoms with Crippen LogP contribution in [0.3, 0.4) is 0 Å². The number of aryl methyl sites for hydroxylation is 2. The minimum atomic E-state index is -0.115. The number of rotatable bonds is 8. The molecule has 0 radical (unpaired) electrons. The predicted octanol–water partition coefficient (Wildman–Crippen LogP) is 4.62. The zero-order valence-corrected chi connectivity index (χ0v) is 20.4. The molecule has 8 nitrogen and oxygen atoms in total. The summed E-state index contributed by atoms with van der Waals surface area (Å²) < 4.78 is 1.55. The molecule has 0 bridgehead atoms. The van der Waals surface area contributed by atoms with Crippen LogP contribution in [0.4, 0.5) is 11.4 Å². The lowest BCUT2D eigenvalue weighted by atomic mass is 10.1. The van der Waals surface area contributed by atoms with Crippen LogP contribution in [0.5, 0.6) is 0 Å². The number of anilines is 2. The molecule has 2 heterocycles. The van der Waals surface area contributed by atoms with Crippen molar-refractivity contribution in [2.75, 3.05) is 22.1 Å². The number of amides is 2. The van der Waals surface area contributed by atoms with Crippen molar-refractivity contribution >= 4 is 80.2 Å². The van der Waals surface area contributed by atoms with E-state index in [1.807, 2.05) is 50.2 Å². The van der Waals surface area contributed by atoms with Crippen LogP contribution in [0.2, 0.25) is 0 Å². The van der Waals surface area contributed by atoms with Crippen molar-refractivity contribution in [2.45, 2.75) is 22.5 Å². The maximum Gasteiger partial charge on any atom is 0.234 e. The number of carbonyl (C=O) groups excluding carboxylic acids is 2. The van der Waals surface area contributed by atoms with Crippen molar-refractivity contribution < 1.29 is 9.59 Å². The van der Waals surface area contributed by atoms with Gasteiger partial charge in [-0.2, -0.15) is 0 Å². The molecule has 4 rings (SSSR count). The maximum absolute atomic E-state index is 12.3. The highest BCUT2D eigenvalue weighted by atomic mass is 32.2.